The number of nitriles is 1. The molecule has 0 aliphatic carbocycles. The van der Waals surface area contributed by atoms with Crippen LogP contribution in [0.3, 0.4) is 0 Å². The number of benzene rings is 7. The quantitative estimate of drug-likeness (QED) is 0.202. The van der Waals surface area contributed by atoms with Gasteiger partial charge in [0.05, 0.1) is 39.4 Å². The highest BCUT2D eigenvalue weighted by Crippen LogP contribution is 2.40. The summed E-state index contributed by atoms with van der Waals surface area (Å²) < 4.78 is 4.78. The molecule has 0 atom stereocenters. The van der Waals surface area contributed by atoms with Gasteiger partial charge in [0.1, 0.15) is 0 Å². The van der Waals surface area contributed by atoms with Crippen LogP contribution in [-0.2, 0) is 0 Å². The zero-order valence-electron chi connectivity index (χ0n) is 24.9. The molecule has 0 radical (unpaired) electrons. The first-order valence-corrected chi connectivity index (χ1v) is 15.5. The Morgan fingerprint density at radius 2 is 0.848 bits per heavy atom. The Bertz CT molecular complexity index is 2540. The molecule has 46 heavy (non-hydrogen) atoms. The number of hydrogen-bond acceptors (Lipinski definition) is 1. The Morgan fingerprint density at radius 1 is 0.391 bits per heavy atom. The van der Waals surface area contributed by atoms with Crippen molar-refractivity contribution in [3.05, 3.63) is 169 Å². The van der Waals surface area contributed by atoms with Gasteiger partial charge in [-0.25, -0.2) is 0 Å². The number of rotatable bonds is 4. The second kappa shape index (κ2) is 10.4. The van der Waals surface area contributed by atoms with Crippen LogP contribution in [0.15, 0.2) is 164 Å². The average molecular weight is 586 g/mol. The van der Waals surface area contributed by atoms with Gasteiger partial charge in [-0.2, -0.15) is 5.26 Å². The van der Waals surface area contributed by atoms with Crippen LogP contribution in [0, 0.1) is 11.3 Å². The van der Waals surface area contributed by atoms with Gasteiger partial charge in [0.25, 0.3) is 0 Å². The topological polar surface area (TPSA) is 33.6 Å². The lowest BCUT2D eigenvalue weighted by Gasteiger charge is -2.17. The van der Waals surface area contributed by atoms with E-state index in [9.17, 15) is 5.26 Å². The number of fused-ring (bicyclic) bond motifs is 6. The van der Waals surface area contributed by atoms with Crippen molar-refractivity contribution < 1.29 is 0 Å². The minimum absolute atomic E-state index is 0.652. The number of para-hydroxylation sites is 5. The first-order chi connectivity index (χ1) is 22.8. The molecule has 2 heterocycles. The van der Waals surface area contributed by atoms with Crippen molar-refractivity contribution in [2.45, 2.75) is 0 Å². The summed E-state index contributed by atoms with van der Waals surface area (Å²) in [5.74, 6) is 0. The van der Waals surface area contributed by atoms with Crippen molar-refractivity contribution in [3.8, 4) is 39.7 Å². The van der Waals surface area contributed by atoms with Crippen LogP contribution < -0.4 is 0 Å². The average Bonchev–Trinajstić information content (AvgIpc) is 3.65. The van der Waals surface area contributed by atoms with E-state index in [1.54, 1.807) is 0 Å². The van der Waals surface area contributed by atoms with Gasteiger partial charge in [-0.1, -0.05) is 103 Å². The molecule has 0 unspecified atom stereocenters. The van der Waals surface area contributed by atoms with Gasteiger partial charge in [0.15, 0.2) is 0 Å². The summed E-state index contributed by atoms with van der Waals surface area (Å²) in [5.41, 5.74) is 12.0. The maximum absolute atomic E-state index is 9.48. The number of aromatic nitrogens is 2. The molecule has 0 N–H and O–H groups in total. The Labute approximate surface area is 266 Å². The highest BCUT2D eigenvalue weighted by Gasteiger charge is 2.18. The van der Waals surface area contributed by atoms with Crippen molar-refractivity contribution in [3.63, 3.8) is 0 Å². The van der Waals surface area contributed by atoms with E-state index in [4.69, 9.17) is 0 Å². The van der Waals surface area contributed by atoms with Crippen molar-refractivity contribution in [2.75, 3.05) is 0 Å². The summed E-state index contributed by atoms with van der Waals surface area (Å²) in [6.07, 6.45) is 0. The second-order valence-corrected chi connectivity index (χ2v) is 11.7. The molecular formula is C43H27N3. The van der Waals surface area contributed by atoms with Gasteiger partial charge in [0, 0.05) is 32.8 Å². The molecule has 0 bridgehead atoms. The lowest BCUT2D eigenvalue weighted by atomic mass is 9.96. The first-order valence-electron chi connectivity index (χ1n) is 15.5. The molecule has 9 aromatic rings. The fraction of sp³-hybridized carbons (Fsp3) is 0. The summed E-state index contributed by atoms with van der Waals surface area (Å²) in [6.45, 7) is 0. The van der Waals surface area contributed by atoms with E-state index in [1.165, 1.54) is 43.6 Å². The molecule has 214 valence electrons. The monoisotopic (exact) mass is 585 g/mol. The molecule has 0 aliphatic heterocycles. The van der Waals surface area contributed by atoms with E-state index in [2.05, 4.69) is 155 Å². The third kappa shape index (κ3) is 3.98. The van der Waals surface area contributed by atoms with E-state index < -0.39 is 0 Å². The smallest absolute Gasteiger partial charge is 0.0991 e. The van der Waals surface area contributed by atoms with Crippen LogP contribution in [0.1, 0.15) is 5.56 Å². The van der Waals surface area contributed by atoms with Crippen molar-refractivity contribution in [1.82, 2.24) is 9.13 Å². The van der Waals surface area contributed by atoms with Gasteiger partial charge in [-0.3, -0.25) is 0 Å². The third-order valence-electron chi connectivity index (χ3n) is 9.14. The summed E-state index contributed by atoms with van der Waals surface area (Å²) in [6, 6.07) is 60.3. The van der Waals surface area contributed by atoms with Crippen LogP contribution in [0.4, 0.5) is 0 Å². The minimum Gasteiger partial charge on any atom is -0.309 e. The number of nitrogens with zero attached hydrogens (tertiary/aromatic N) is 3. The zero-order chi connectivity index (χ0) is 30.6. The van der Waals surface area contributed by atoms with Crippen molar-refractivity contribution in [2.24, 2.45) is 0 Å². The summed E-state index contributed by atoms with van der Waals surface area (Å²) >= 11 is 0. The van der Waals surface area contributed by atoms with Crippen LogP contribution in [-0.4, -0.2) is 9.13 Å². The Balaban J connectivity index is 1.36. The minimum atomic E-state index is 0.652. The van der Waals surface area contributed by atoms with Crippen LogP contribution in [0.25, 0.3) is 77.2 Å². The lowest BCUT2D eigenvalue weighted by molar-refractivity contribution is 1.17. The fourth-order valence-electron chi connectivity index (χ4n) is 7.10. The third-order valence-corrected chi connectivity index (χ3v) is 9.14. The maximum Gasteiger partial charge on any atom is 0.0991 e. The summed E-state index contributed by atoms with van der Waals surface area (Å²) in [4.78, 5) is 0. The molecule has 2 aromatic heterocycles. The van der Waals surface area contributed by atoms with E-state index in [1.807, 2.05) is 24.3 Å². The molecule has 0 fully saturated rings. The molecule has 3 heteroatoms. The van der Waals surface area contributed by atoms with E-state index >= 15 is 0 Å². The van der Waals surface area contributed by atoms with Crippen LogP contribution in [0.5, 0.6) is 0 Å². The highest BCUT2D eigenvalue weighted by atomic mass is 15.0. The van der Waals surface area contributed by atoms with Crippen LogP contribution in [0.2, 0.25) is 0 Å². The molecular weight excluding hydrogens is 558 g/mol. The largest absolute Gasteiger partial charge is 0.309 e. The Hall–Kier alpha value is -6.37. The lowest BCUT2D eigenvalue weighted by Crippen LogP contribution is -1.99. The Morgan fingerprint density at radius 3 is 1.39 bits per heavy atom. The number of hydrogen-bond donors (Lipinski definition) is 0. The van der Waals surface area contributed by atoms with Crippen LogP contribution >= 0.6 is 0 Å². The summed E-state index contributed by atoms with van der Waals surface area (Å²) in [5, 5.41) is 14.4. The Kier molecular flexibility index (Phi) is 5.88. The molecule has 9 rings (SSSR count). The SMILES string of the molecule is N#Cc1ccc(-c2cc(-c3ccccc3-n3c4ccccc4c4ccccc43)cc(-n3c4ccccc4c4ccccc43)c2)cc1. The van der Waals surface area contributed by atoms with Crippen molar-refractivity contribution in [1.29, 1.82) is 5.26 Å². The predicted molar refractivity (Wildman–Crippen MR) is 191 cm³/mol. The standard InChI is InChI=1S/C43H27N3/c44-28-29-21-23-30(24-22-29)31-25-32(27-33(26-31)45-40-17-7-2-12-35(40)36-13-3-8-18-41(36)45)34-11-1-6-16-39(34)46-42-19-9-4-14-37(42)38-15-5-10-20-43(38)46/h1-27H. The molecule has 0 saturated carbocycles. The van der Waals surface area contributed by atoms with Gasteiger partial charge in [-0.15, -0.1) is 0 Å². The maximum atomic E-state index is 9.48. The van der Waals surface area contributed by atoms with Gasteiger partial charge in [0.2, 0.25) is 0 Å². The van der Waals surface area contributed by atoms with Gasteiger partial charge in [-0.05, 0) is 77.4 Å². The van der Waals surface area contributed by atoms with E-state index in [0.717, 1.165) is 33.6 Å². The molecule has 0 amide bonds. The molecule has 0 aliphatic rings. The molecule has 0 spiro atoms. The van der Waals surface area contributed by atoms with Gasteiger partial charge < -0.3 is 9.13 Å². The second-order valence-electron chi connectivity index (χ2n) is 11.7. The van der Waals surface area contributed by atoms with Gasteiger partial charge >= 0.3 is 0 Å². The fourth-order valence-corrected chi connectivity index (χ4v) is 7.10. The normalized spacial score (nSPS) is 11.5. The molecule has 0 saturated heterocycles. The van der Waals surface area contributed by atoms with Crippen molar-refractivity contribution >= 4 is 43.6 Å². The zero-order valence-corrected chi connectivity index (χ0v) is 24.9. The summed E-state index contributed by atoms with van der Waals surface area (Å²) in [7, 11) is 0. The first kappa shape index (κ1) is 26.1. The molecule has 3 nitrogen and oxygen atoms in total. The molecule has 7 aromatic carbocycles. The predicted octanol–water partition coefficient (Wildman–Crippen LogP) is 11.1. The van der Waals surface area contributed by atoms with E-state index in [0.29, 0.717) is 5.56 Å². The van der Waals surface area contributed by atoms with E-state index in [-0.39, 0.29) is 0 Å². The highest BCUT2D eigenvalue weighted by molar-refractivity contribution is 6.10.